The highest BCUT2D eigenvalue weighted by molar-refractivity contribution is 6.18. The van der Waals surface area contributed by atoms with Gasteiger partial charge >= 0.3 is 0 Å². The van der Waals surface area contributed by atoms with Crippen molar-refractivity contribution in [2.24, 2.45) is 5.16 Å². The van der Waals surface area contributed by atoms with Gasteiger partial charge in [0, 0.05) is 17.5 Å². The third-order valence-corrected chi connectivity index (χ3v) is 3.39. The molecule has 1 heterocycles. The molecule has 0 saturated heterocycles. The molecule has 4 heteroatoms. The van der Waals surface area contributed by atoms with E-state index in [2.05, 4.69) is 5.16 Å². The Balaban J connectivity index is 2.12. The van der Waals surface area contributed by atoms with Crippen LogP contribution < -0.4 is 4.74 Å². The van der Waals surface area contributed by atoms with E-state index in [0.717, 1.165) is 11.3 Å². The molecule has 4 nitrogen and oxygen atoms in total. The van der Waals surface area contributed by atoms with Crippen LogP contribution in [0.3, 0.4) is 0 Å². The van der Waals surface area contributed by atoms with Gasteiger partial charge in [0.25, 0.3) is 0 Å². The molecule has 0 radical (unpaired) electrons. The van der Waals surface area contributed by atoms with Crippen LogP contribution in [0.4, 0.5) is 0 Å². The van der Waals surface area contributed by atoms with Crippen LogP contribution in [0, 0.1) is 0 Å². The van der Waals surface area contributed by atoms with Crippen LogP contribution in [0.2, 0.25) is 0 Å². The molecule has 0 aromatic heterocycles. The summed E-state index contributed by atoms with van der Waals surface area (Å²) in [5, 5.41) is 4.05. The number of rotatable bonds is 3. The minimum atomic E-state index is -0.0400. The molecule has 0 N–H and O–H groups in total. The van der Waals surface area contributed by atoms with E-state index in [-0.39, 0.29) is 5.78 Å². The molecule has 0 spiro atoms. The molecule has 0 bridgehead atoms. The third-order valence-electron chi connectivity index (χ3n) is 3.39. The minimum Gasteiger partial charge on any atom is -0.492 e. The molecule has 2 aromatic carbocycles. The van der Waals surface area contributed by atoms with Gasteiger partial charge in [-0.2, -0.15) is 0 Å². The van der Waals surface area contributed by atoms with Gasteiger partial charge in [-0.15, -0.1) is 0 Å². The highest BCUT2D eigenvalue weighted by Crippen LogP contribution is 2.29. The Kier molecular flexibility index (Phi) is 3.69. The lowest BCUT2D eigenvalue weighted by Gasteiger charge is -2.21. The van der Waals surface area contributed by atoms with E-state index in [0.29, 0.717) is 29.9 Å². The molecule has 0 aliphatic carbocycles. The Morgan fingerprint density at radius 2 is 1.95 bits per heavy atom. The van der Waals surface area contributed by atoms with Gasteiger partial charge in [-0.25, -0.2) is 0 Å². The number of carbonyl (C=O) groups excluding carboxylic acids is 1. The van der Waals surface area contributed by atoms with Crippen molar-refractivity contribution in [3.63, 3.8) is 0 Å². The lowest BCUT2D eigenvalue weighted by atomic mass is 9.93. The monoisotopic (exact) mass is 281 g/mol. The number of carbonyl (C=O) groups is 1. The molecule has 0 amide bonds. The summed E-state index contributed by atoms with van der Waals surface area (Å²) < 4.78 is 5.64. The average molecular weight is 281 g/mol. The van der Waals surface area contributed by atoms with E-state index in [1.807, 2.05) is 30.3 Å². The number of hydrogen-bond donors (Lipinski definition) is 0. The molecule has 3 rings (SSSR count). The van der Waals surface area contributed by atoms with E-state index < -0.39 is 0 Å². The molecule has 21 heavy (non-hydrogen) atoms. The van der Waals surface area contributed by atoms with Crippen molar-refractivity contribution in [2.75, 3.05) is 13.7 Å². The summed E-state index contributed by atoms with van der Waals surface area (Å²) in [7, 11) is 1.50. The fraction of sp³-hybridized carbons (Fsp3) is 0.176. The van der Waals surface area contributed by atoms with Crippen LogP contribution in [0.5, 0.6) is 5.75 Å². The summed E-state index contributed by atoms with van der Waals surface area (Å²) in [6.45, 7) is 0.540. The fourth-order valence-electron chi connectivity index (χ4n) is 2.47. The van der Waals surface area contributed by atoms with Crippen molar-refractivity contribution in [3.05, 3.63) is 65.2 Å². The Bertz CT molecular complexity index is 692. The smallest absolute Gasteiger partial charge is 0.193 e. The first-order valence-corrected chi connectivity index (χ1v) is 6.77. The maximum absolute atomic E-state index is 12.7. The van der Waals surface area contributed by atoms with Crippen LogP contribution in [0.15, 0.2) is 53.7 Å². The van der Waals surface area contributed by atoms with Crippen LogP contribution in [0.25, 0.3) is 0 Å². The van der Waals surface area contributed by atoms with Gasteiger partial charge in [-0.1, -0.05) is 47.6 Å². The van der Waals surface area contributed by atoms with Gasteiger partial charge in [0.2, 0.25) is 0 Å². The molecule has 0 saturated carbocycles. The normalized spacial score (nSPS) is 15.2. The first-order valence-electron chi connectivity index (χ1n) is 6.77. The van der Waals surface area contributed by atoms with Gasteiger partial charge in [0.05, 0.1) is 17.9 Å². The lowest BCUT2D eigenvalue weighted by Crippen LogP contribution is -2.20. The maximum atomic E-state index is 12.7. The van der Waals surface area contributed by atoms with Crippen molar-refractivity contribution in [1.82, 2.24) is 0 Å². The van der Waals surface area contributed by atoms with E-state index >= 15 is 0 Å². The zero-order chi connectivity index (χ0) is 14.7. The van der Waals surface area contributed by atoms with Crippen LogP contribution in [0.1, 0.15) is 27.9 Å². The summed E-state index contributed by atoms with van der Waals surface area (Å²) >= 11 is 0. The van der Waals surface area contributed by atoms with E-state index in [9.17, 15) is 4.79 Å². The minimum absolute atomic E-state index is 0.0400. The number of ketones is 1. The zero-order valence-corrected chi connectivity index (χ0v) is 11.7. The molecular weight excluding hydrogens is 266 g/mol. The molecule has 2 aromatic rings. The predicted octanol–water partition coefficient (Wildman–Crippen LogP) is 3.05. The summed E-state index contributed by atoms with van der Waals surface area (Å²) in [4.78, 5) is 17.6. The Morgan fingerprint density at radius 1 is 1.14 bits per heavy atom. The third kappa shape index (κ3) is 2.52. The van der Waals surface area contributed by atoms with Crippen molar-refractivity contribution in [3.8, 4) is 5.75 Å². The van der Waals surface area contributed by atoms with Gasteiger partial charge in [-0.3, -0.25) is 4.79 Å². The molecule has 0 atom stereocenters. The van der Waals surface area contributed by atoms with E-state index in [4.69, 9.17) is 9.57 Å². The number of ether oxygens (including phenoxy) is 1. The van der Waals surface area contributed by atoms with Gasteiger partial charge in [0.1, 0.15) is 12.9 Å². The Morgan fingerprint density at radius 3 is 2.71 bits per heavy atom. The molecule has 0 fully saturated rings. The number of benzene rings is 2. The van der Waals surface area contributed by atoms with Crippen LogP contribution >= 0.6 is 0 Å². The zero-order valence-electron chi connectivity index (χ0n) is 11.7. The standard InChI is InChI=1S/C17H15NO3/c1-20-18-14-10-11-21-15-9-5-8-13(16(14)15)17(19)12-6-3-2-4-7-12/h2-9H,10-11H2,1H3/b18-14+. The number of fused-ring (bicyclic) bond motifs is 1. The Labute approximate surface area is 123 Å². The topological polar surface area (TPSA) is 47.9 Å². The Hall–Kier alpha value is -2.62. The quantitative estimate of drug-likeness (QED) is 0.641. The SMILES string of the molecule is CO/N=C1\CCOc2cccc(C(=O)c3ccccc3)c21. The van der Waals surface area contributed by atoms with Gasteiger partial charge in [0.15, 0.2) is 5.78 Å². The van der Waals surface area contributed by atoms with Crippen LogP contribution in [-0.4, -0.2) is 25.2 Å². The molecule has 0 unspecified atom stereocenters. The second-order valence-electron chi connectivity index (χ2n) is 4.69. The van der Waals surface area contributed by atoms with Gasteiger partial charge < -0.3 is 9.57 Å². The lowest BCUT2D eigenvalue weighted by molar-refractivity contribution is 0.103. The highest BCUT2D eigenvalue weighted by Gasteiger charge is 2.24. The molecule has 1 aliphatic rings. The van der Waals surface area contributed by atoms with Crippen molar-refractivity contribution < 1.29 is 14.4 Å². The van der Waals surface area contributed by atoms with E-state index in [1.165, 1.54) is 7.11 Å². The van der Waals surface area contributed by atoms with Crippen molar-refractivity contribution in [1.29, 1.82) is 0 Å². The molecular formula is C17H15NO3. The van der Waals surface area contributed by atoms with Crippen molar-refractivity contribution >= 4 is 11.5 Å². The second kappa shape index (κ2) is 5.79. The fourth-order valence-corrected chi connectivity index (χ4v) is 2.47. The van der Waals surface area contributed by atoms with Crippen LogP contribution in [-0.2, 0) is 4.84 Å². The maximum Gasteiger partial charge on any atom is 0.193 e. The summed E-state index contributed by atoms with van der Waals surface area (Å²) in [6.07, 6.45) is 0.625. The predicted molar refractivity (Wildman–Crippen MR) is 80.0 cm³/mol. The second-order valence-corrected chi connectivity index (χ2v) is 4.69. The van der Waals surface area contributed by atoms with E-state index in [1.54, 1.807) is 18.2 Å². The van der Waals surface area contributed by atoms with Gasteiger partial charge in [-0.05, 0) is 6.07 Å². The molecule has 106 valence electrons. The summed E-state index contributed by atoms with van der Waals surface area (Å²) in [6, 6.07) is 14.7. The number of hydrogen-bond acceptors (Lipinski definition) is 4. The largest absolute Gasteiger partial charge is 0.492 e. The summed E-state index contributed by atoms with van der Waals surface area (Å²) in [5.74, 6) is 0.639. The van der Waals surface area contributed by atoms with Crippen molar-refractivity contribution in [2.45, 2.75) is 6.42 Å². The first kappa shape index (κ1) is 13.4. The number of nitrogens with zero attached hydrogens (tertiary/aromatic N) is 1. The summed E-state index contributed by atoms with van der Waals surface area (Å²) in [5.41, 5.74) is 2.72. The first-order chi connectivity index (χ1) is 10.3. The number of oxime groups is 1. The molecule has 1 aliphatic heterocycles. The highest BCUT2D eigenvalue weighted by atomic mass is 16.6. The average Bonchev–Trinajstić information content (AvgIpc) is 2.55.